The Hall–Kier alpha value is -1.86. The molecule has 6 nitrogen and oxygen atoms in total. The highest BCUT2D eigenvalue weighted by atomic mass is 32.1. The number of pyridine rings is 1. The molecule has 3 rings (SSSR count). The maximum absolute atomic E-state index is 5.60. The summed E-state index contributed by atoms with van der Waals surface area (Å²) in [5, 5.41) is 8.04. The Bertz CT molecular complexity index is 608. The number of hydrogen-bond acceptors (Lipinski definition) is 5. The third kappa shape index (κ3) is 2.61. The zero-order valence-corrected chi connectivity index (χ0v) is 11.2. The van der Waals surface area contributed by atoms with E-state index in [0.717, 1.165) is 37.6 Å². The first-order chi connectivity index (χ1) is 9.22. The zero-order valence-electron chi connectivity index (χ0n) is 10.4. The Kier molecular flexibility index (Phi) is 3.22. The van der Waals surface area contributed by atoms with Crippen LogP contribution < -0.4 is 5.73 Å². The van der Waals surface area contributed by atoms with Crippen molar-refractivity contribution in [1.29, 1.82) is 0 Å². The molecule has 0 radical (unpaired) electrons. The second-order valence-corrected chi connectivity index (χ2v) is 5.00. The van der Waals surface area contributed by atoms with Crippen molar-refractivity contribution < 1.29 is 0 Å². The number of nitrogens with two attached hydrogens (primary N) is 1. The van der Waals surface area contributed by atoms with Crippen LogP contribution in [0.15, 0.2) is 24.7 Å². The second-order valence-electron chi connectivity index (χ2n) is 4.56. The highest BCUT2D eigenvalue weighted by molar-refractivity contribution is 7.80. The highest BCUT2D eigenvalue weighted by Gasteiger charge is 2.17. The van der Waals surface area contributed by atoms with Gasteiger partial charge in [-0.3, -0.25) is 9.88 Å². The average molecular weight is 274 g/mol. The molecule has 19 heavy (non-hydrogen) atoms. The van der Waals surface area contributed by atoms with Crippen molar-refractivity contribution in [2.45, 2.75) is 19.6 Å². The van der Waals surface area contributed by atoms with Crippen molar-refractivity contribution in [3.63, 3.8) is 0 Å². The second kappa shape index (κ2) is 5.02. The van der Waals surface area contributed by atoms with Crippen LogP contribution in [-0.2, 0) is 19.6 Å². The van der Waals surface area contributed by atoms with Gasteiger partial charge in [-0.05, 0) is 17.7 Å². The number of nitrogens with zero attached hydrogens (tertiary/aromatic N) is 5. The lowest BCUT2D eigenvalue weighted by molar-refractivity contribution is 0.208. The van der Waals surface area contributed by atoms with Crippen molar-refractivity contribution in [3.8, 4) is 0 Å². The van der Waals surface area contributed by atoms with Crippen LogP contribution in [-0.4, -0.2) is 36.2 Å². The number of aromatic nitrogens is 4. The summed E-state index contributed by atoms with van der Waals surface area (Å²) < 4.78 is 2.09. The maximum Gasteiger partial charge on any atom is 0.147 e. The summed E-state index contributed by atoms with van der Waals surface area (Å²) in [5.74, 6) is 1.01. The third-order valence-corrected chi connectivity index (χ3v) is 3.41. The van der Waals surface area contributed by atoms with Crippen molar-refractivity contribution in [3.05, 3.63) is 41.7 Å². The predicted molar refractivity (Wildman–Crippen MR) is 74.3 cm³/mol. The molecule has 0 spiro atoms. The van der Waals surface area contributed by atoms with Gasteiger partial charge in [-0.15, -0.1) is 10.2 Å². The molecule has 2 aromatic heterocycles. The number of thiocarbonyl (C=S) groups is 1. The lowest BCUT2D eigenvalue weighted by Crippen LogP contribution is -2.33. The lowest BCUT2D eigenvalue weighted by atomic mass is 10.2. The topological polar surface area (TPSA) is 72.9 Å². The van der Waals surface area contributed by atoms with Gasteiger partial charge < -0.3 is 10.3 Å². The largest absolute Gasteiger partial charge is 0.388 e. The van der Waals surface area contributed by atoms with Gasteiger partial charge in [0.15, 0.2) is 0 Å². The minimum absolute atomic E-state index is 0.334. The quantitative estimate of drug-likeness (QED) is 0.813. The average Bonchev–Trinajstić information content (AvgIpc) is 2.86. The molecule has 0 unspecified atom stereocenters. The van der Waals surface area contributed by atoms with Gasteiger partial charge in [-0.1, -0.05) is 12.2 Å². The Balaban J connectivity index is 1.72. The smallest absolute Gasteiger partial charge is 0.147 e. The van der Waals surface area contributed by atoms with Crippen LogP contribution in [0.5, 0.6) is 0 Å². The van der Waals surface area contributed by atoms with E-state index >= 15 is 0 Å². The molecule has 0 saturated heterocycles. The molecule has 0 fully saturated rings. The van der Waals surface area contributed by atoms with Gasteiger partial charge in [-0.25, -0.2) is 0 Å². The summed E-state index contributed by atoms with van der Waals surface area (Å²) in [4.78, 5) is 6.80. The summed E-state index contributed by atoms with van der Waals surface area (Å²) in [6.07, 6.45) is 3.53. The van der Waals surface area contributed by atoms with Gasteiger partial charge in [0.25, 0.3) is 0 Å². The molecule has 98 valence electrons. The van der Waals surface area contributed by atoms with Crippen LogP contribution >= 0.6 is 12.2 Å². The molecule has 2 aromatic rings. The number of fused-ring (bicyclic) bond motifs is 1. The van der Waals surface area contributed by atoms with Gasteiger partial charge in [0, 0.05) is 25.8 Å². The number of hydrogen-bond donors (Lipinski definition) is 1. The first kappa shape index (κ1) is 12.2. The predicted octanol–water partition coefficient (Wildman–Crippen LogP) is 0.323. The van der Waals surface area contributed by atoms with Crippen molar-refractivity contribution in [2.75, 3.05) is 6.54 Å². The minimum atomic E-state index is 0.334. The van der Waals surface area contributed by atoms with Crippen molar-refractivity contribution in [1.82, 2.24) is 24.6 Å². The van der Waals surface area contributed by atoms with Crippen LogP contribution in [0.25, 0.3) is 0 Å². The van der Waals surface area contributed by atoms with E-state index in [0.29, 0.717) is 10.7 Å². The SMILES string of the molecule is NC(=S)c1cc(CN2CCn3cnnc3C2)ccn1. The molecule has 2 N–H and O–H groups in total. The van der Waals surface area contributed by atoms with E-state index in [4.69, 9.17) is 18.0 Å². The van der Waals surface area contributed by atoms with Gasteiger partial charge in [0.2, 0.25) is 0 Å². The molecular formula is C12H14N6S. The summed E-state index contributed by atoms with van der Waals surface area (Å²) in [6.45, 7) is 3.56. The molecule has 0 saturated carbocycles. The van der Waals surface area contributed by atoms with E-state index < -0.39 is 0 Å². The van der Waals surface area contributed by atoms with Gasteiger partial charge in [0.05, 0.1) is 12.2 Å². The first-order valence-electron chi connectivity index (χ1n) is 6.06. The fraction of sp³-hybridized carbons (Fsp3) is 0.333. The first-order valence-corrected chi connectivity index (χ1v) is 6.47. The zero-order chi connectivity index (χ0) is 13.2. The fourth-order valence-electron chi connectivity index (χ4n) is 2.22. The molecule has 0 amide bonds. The monoisotopic (exact) mass is 274 g/mol. The van der Waals surface area contributed by atoms with E-state index in [1.54, 1.807) is 12.5 Å². The van der Waals surface area contributed by atoms with E-state index in [1.165, 1.54) is 0 Å². The van der Waals surface area contributed by atoms with Crippen LogP contribution in [0.1, 0.15) is 17.1 Å². The van der Waals surface area contributed by atoms with Crippen LogP contribution in [0.2, 0.25) is 0 Å². The summed E-state index contributed by atoms with van der Waals surface area (Å²) in [6, 6.07) is 3.93. The Labute approximate surface area is 116 Å². The molecule has 3 heterocycles. The number of rotatable bonds is 3. The van der Waals surface area contributed by atoms with E-state index in [-0.39, 0.29) is 0 Å². The molecule has 0 aromatic carbocycles. The Morgan fingerprint density at radius 2 is 2.32 bits per heavy atom. The van der Waals surface area contributed by atoms with Crippen LogP contribution in [0.4, 0.5) is 0 Å². The molecular weight excluding hydrogens is 260 g/mol. The van der Waals surface area contributed by atoms with Crippen LogP contribution in [0, 0.1) is 0 Å². The summed E-state index contributed by atoms with van der Waals surface area (Å²) in [5.41, 5.74) is 7.43. The van der Waals surface area contributed by atoms with E-state index in [1.807, 2.05) is 12.1 Å². The van der Waals surface area contributed by atoms with E-state index in [2.05, 4.69) is 24.6 Å². The third-order valence-electron chi connectivity index (χ3n) is 3.20. The Morgan fingerprint density at radius 3 is 3.16 bits per heavy atom. The summed E-state index contributed by atoms with van der Waals surface area (Å²) >= 11 is 4.95. The molecule has 7 heteroatoms. The molecule has 1 aliphatic rings. The molecule has 1 aliphatic heterocycles. The summed E-state index contributed by atoms with van der Waals surface area (Å²) in [7, 11) is 0. The van der Waals surface area contributed by atoms with Gasteiger partial charge in [-0.2, -0.15) is 0 Å². The molecule has 0 bridgehead atoms. The Morgan fingerprint density at radius 1 is 1.42 bits per heavy atom. The minimum Gasteiger partial charge on any atom is -0.388 e. The maximum atomic E-state index is 5.60. The van der Waals surface area contributed by atoms with Gasteiger partial charge >= 0.3 is 0 Å². The standard InChI is InChI=1S/C12H14N6S/c13-12(19)10-5-9(1-2-14-10)6-17-3-4-18-8-15-16-11(18)7-17/h1-2,5,8H,3-4,6-7H2,(H2,13,19). The van der Waals surface area contributed by atoms with E-state index in [9.17, 15) is 0 Å². The lowest BCUT2D eigenvalue weighted by Gasteiger charge is -2.26. The molecule has 0 aliphatic carbocycles. The van der Waals surface area contributed by atoms with Crippen LogP contribution in [0.3, 0.4) is 0 Å². The van der Waals surface area contributed by atoms with Gasteiger partial charge in [0.1, 0.15) is 17.1 Å². The highest BCUT2D eigenvalue weighted by Crippen LogP contribution is 2.13. The van der Waals surface area contributed by atoms with Crippen molar-refractivity contribution >= 4 is 17.2 Å². The normalized spacial score (nSPS) is 15.2. The van der Waals surface area contributed by atoms with Crippen molar-refractivity contribution in [2.24, 2.45) is 5.73 Å². The molecule has 0 atom stereocenters. The fourth-order valence-corrected chi connectivity index (χ4v) is 2.33.